The minimum Gasteiger partial charge on any atom is -0.505 e. The van der Waals surface area contributed by atoms with Gasteiger partial charge >= 0.3 is 0 Å². The summed E-state index contributed by atoms with van der Waals surface area (Å²) in [5, 5.41) is 8.80. The lowest BCUT2D eigenvalue weighted by Gasteiger charge is -2.00. The summed E-state index contributed by atoms with van der Waals surface area (Å²) in [4.78, 5) is 0. The van der Waals surface area contributed by atoms with Crippen LogP contribution in [-0.2, 0) is 0 Å². The molecule has 11 heavy (non-hydrogen) atoms. The highest BCUT2D eigenvalue weighted by atomic mass is 79.9. The monoisotopic (exact) mass is 286 g/mol. The van der Waals surface area contributed by atoms with Crippen LogP contribution in [0.4, 0.5) is 8.78 Å². The molecule has 0 spiro atoms. The molecule has 0 radical (unpaired) electrons. The van der Waals surface area contributed by atoms with Crippen LogP contribution in [0.15, 0.2) is 15.0 Å². The first-order valence-electron chi connectivity index (χ1n) is 2.56. The van der Waals surface area contributed by atoms with Gasteiger partial charge in [-0.15, -0.1) is 0 Å². The van der Waals surface area contributed by atoms with Crippen molar-refractivity contribution in [2.45, 2.75) is 0 Å². The average molecular weight is 288 g/mol. The van der Waals surface area contributed by atoms with E-state index in [0.29, 0.717) is 0 Å². The number of hydrogen-bond acceptors (Lipinski definition) is 1. The smallest absolute Gasteiger partial charge is 0.181 e. The molecule has 0 bridgehead atoms. The van der Waals surface area contributed by atoms with Gasteiger partial charge in [-0.3, -0.25) is 0 Å². The molecule has 1 nitrogen and oxygen atoms in total. The van der Waals surface area contributed by atoms with Crippen molar-refractivity contribution in [3.8, 4) is 5.75 Å². The fourth-order valence-corrected chi connectivity index (χ4v) is 1.66. The van der Waals surface area contributed by atoms with Crippen molar-refractivity contribution in [2.24, 2.45) is 0 Å². The Morgan fingerprint density at radius 1 is 1.18 bits per heavy atom. The molecule has 1 rings (SSSR count). The minimum absolute atomic E-state index is 0.0169. The van der Waals surface area contributed by atoms with Gasteiger partial charge in [0, 0.05) is 6.07 Å². The Balaban J connectivity index is 3.46. The van der Waals surface area contributed by atoms with Gasteiger partial charge in [0.25, 0.3) is 0 Å². The Kier molecular flexibility index (Phi) is 2.49. The van der Waals surface area contributed by atoms with Crippen LogP contribution in [-0.4, -0.2) is 5.11 Å². The van der Waals surface area contributed by atoms with E-state index in [1.807, 2.05) is 0 Å². The quantitative estimate of drug-likeness (QED) is 0.574. The largest absolute Gasteiger partial charge is 0.505 e. The SMILES string of the molecule is Oc1cc(Br)c(F)c(Br)c1F. The third-order valence-electron chi connectivity index (χ3n) is 1.08. The van der Waals surface area contributed by atoms with Gasteiger partial charge in [-0.1, -0.05) is 0 Å². The van der Waals surface area contributed by atoms with Gasteiger partial charge in [0.15, 0.2) is 17.4 Å². The average Bonchev–Trinajstić information content (AvgIpc) is 1.97. The molecule has 0 unspecified atom stereocenters. The molecule has 0 saturated carbocycles. The van der Waals surface area contributed by atoms with Crippen molar-refractivity contribution in [3.05, 3.63) is 26.6 Å². The maximum Gasteiger partial charge on any atom is 0.181 e. The molecule has 0 aromatic heterocycles. The molecular formula is C6H2Br2F2O. The summed E-state index contributed by atoms with van der Waals surface area (Å²) < 4.78 is 25.0. The second kappa shape index (κ2) is 3.06. The van der Waals surface area contributed by atoms with E-state index in [1.165, 1.54) is 0 Å². The number of aromatic hydroxyl groups is 1. The van der Waals surface area contributed by atoms with Crippen LogP contribution in [0.2, 0.25) is 0 Å². The summed E-state index contributed by atoms with van der Waals surface area (Å²) in [6.07, 6.45) is 0. The molecule has 0 fully saturated rings. The second-order valence-corrected chi connectivity index (χ2v) is 3.47. The summed E-state index contributed by atoms with van der Waals surface area (Å²) in [7, 11) is 0. The van der Waals surface area contributed by atoms with E-state index >= 15 is 0 Å². The number of phenols is 1. The van der Waals surface area contributed by atoms with Crippen LogP contribution in [0.25, 0.3) is 0 Å². The summed E-state index contributed by atoms with van der Waals surface area (Å²) in [6, 6.07) is 0.954. The number of rotatable bonds is 0. The van der Waals surface area contributed by atoms with Crippen LogP contribution >= 0.6 is 31.9 Å². The predicted octanol–water partition coefficient (Wildman–Crippen LogP) is 3.20. The molecule has 0 atom stereocenters. The Hall–Kier alpha value is -0.160. The maximum absolute atomic E-state index is 12.7. The molecule has 1 aromatic carbocycles. The van der Waals surface area contributed by atoms with Crippen LogP contribution in [0.3, 0.4) is 0 Å². The summed E-state index contributed by atoms with van der Waals surface area (Å²) >= 11 is 5.44. The summed E-state index contributed by atoms with van der Waals surface area (Å²) in [5.74, 6) is -2.35. The molecule has 5 heteroatoms. The van der Waals surface area contributed by atoms with Gasteiger partial charge in [0.2, 0.25) is 0 Å². The molecule has 0 aliphatic rings. The van der Waals surface area contributed by atoms with Crippen molar-refractivity contribution in [3.63, 3.8) is 0 Å². The lowest BCUT2D eigenvalue weighted by atomic mass is 10.3. The van der Waals surface area contributed by atoms with Gasteiger partial charge in [-0.05, 0) is 31.9 Å². The molecular weight excluding hydrogens is 286 g/mol. The van der Waals surface area contributed by atoms with Crippen molar-refractivity contribution >= 4 is 31.9 Å². The third-order valence-corrected chi connectivity index (χ3v) is 2.36. The highest BCUT2D eigenvalue weighted by Gasteiger charge is 2.13. The summed E-state index contributed by atoms with van der Waals surface area (Å²) in [6.45, 7) is 0. The van der Waals surface area contributed by atoms with E-state index in [-0.39, 0.29) is 8.95 Å². The van der Waals surface area contributed by atoms with E-state index in [4.69, 9.17) is 5.11 Å². The molecule has 0 aliphatic carbocycles. The van der Waals surface area contributed by atoms with E-state index in [9.17, 15) is 8.78 Å². The van der Waals surface area contributed by atoms with Crippen LogP contribution < -0.4 is 0 Å². The molecule has 1 N–H and O–H groups in total. The normalized spacial score (nSPS) is 10.2. The first-order chi connectivity index (χ1) is 5.04. The van der Waals surface area contributed by atoms with Crippen molar-refractivity contribution in [1.29, 1.82) is 0 Å². The lowest BCUT2D eigenvalue weighted by molar-refractivity contribution is 0.424. The first-order valence-corrected chi connectivity index (χ1v) is 4.14. The summed E-state index contributed by atoms with van der Waals surface area (Å²) in [5.41, 5.74) is 0. The highest BCUT2D eigenvalue weighted by molar-refractivity contribution is 9.11. The van der Waals surface area contributed by atoms with Crippen LogP contribution in [0.5, 0.6) is 5.75 Å². The zero-order valence-corrected chi connectivity index (χ0v) is 8.21. The van der Waals surface area contributed by atoms with E-state index in [0.717, 1.165) is 6.07 Å². The number of benzene rings is 1. The predicted molar refractivity (Wildman–Crippen MR) is 43.4 cm³/mol. The van der Waals surface area contributed by atoms with E-state index in [2.05, 4.69) is 31.9 Å². The van der Waals surface area contributed by atoms with Crippen LogP contribution in [0.1, 0.15) is 0 Å². The fourth-order valence-electron chi connectivity index (χ4n) is 0.560. The molecule has 1 aromatic rings. The molecule has 0 amide bonds. The van der Waals surface area contributed by atoms with Gasteiger partial charge in [0.1, 0.15) is 0 Å². The third kappa shape index (κ3) is 1.54. The molecule has 0 saturated heterocycles. The van der Waals surface area contributed by atoms with E-state index in [1.54, 1.807) is 0 Å². The van der Waals surface area contributed by atoms with Crippen molar-refractivity contribution in [1.82, 2.24) is 0 Å². The van der Waals surface area contributed by atoms with Crippen LogP contribution in [0, 0.1) is 11.6 Å². The minimum atomic E-state index is -0.995. The van der Waals surface area contributed by atoms with Gasteiger partial charge in [0.05, 0.1) is 8.95 Å². The topological polar surface area (TPSA) is 20.2 Å². The highest BCUT2D eigenvalue weighted by Crippen LogP contribution is 2.32. The molecule has 60 valence electrons. The van der Waals surface area contributed by atoms with Crippen molar-refractivity contribution < 1.29 is 13.9 Å². The van der Waals surface area contributed by atoms with Gasteiger partial charge in [-0.2, -0.15) is 0 Å². The Morgan fingerprint density at radius 3 is 2.27 bits per heavy atom. The van der Waals surface area contributed by atoms with E-state index < -0.39 is 17.4 Å². The lowest BCUT2D eigenvalue weighted by Crippen LogP contribution is -1.86. The Morgan fingerprint density at radius 2 is 1.73 bits per heavy atom. The second-order valence-electron chi connectivity index (χ2n) is 1.82. The van der Waals surface area contributed by atoms with Gasteiger partial charge in [-0.25, -0.2) is 8.78 Å². The number of halogens is 4. The number of hydrogen-bond donors (Lipinski definition) is 1. The van der Waals surface area contributed by atoms with Gasteiger partial charge < -0.3 is 5.11 Å². The first kappa shape index (κ1) is 8.93. The molecule has 0 aliphatic heterocycles. The maximum atomic E-state index is 12.7. The Labute approximate surface area is 78.3 Å². The molecule has 0 heterocycles. The fraction of sp³-hybridized carbons (Fsp3) is 0. The standard InChI is InChI=1S/C6H2Br2F2O/c7-2-1-3(11)6(10)4(8)5(2)9/h1,11H. The van der Waals surface area contributed by atoms with Crippen molar-refractivity contribution in [2.75, 3.05) is 0 Å². The number of phenolic OH excluding ortho intramolecular Hbond substituents is 1. The zero-order chi connectivity index (χ0) is 8.59. The zero-order valence-electron chi connectivity index (χ0n) is 5.04. The Bertz CT molecular complexity index is 275.